The summed E-state index contributed by atoms with van der Waals surface area (Å²) in [5.74, 6) is 0.419. The average Bonchev–Trinajstić information content (AvgIpc) is 3.54. The summed E-state index contributed by atoms with van der Waals surface area (Å²) in [5, 5.41) is 14.3. The van der Waals surface area contributed by atoms with Gasteiger partial charge in [-0.3, -0.25) is 4.79 Å². The van der Waals surface area contributed by atoms with E-state index in [0.29, 0.717) is 24.4 Å². The van der Waals surface area contributed by atoms with Crippen molar-refractivity contribution in [2.75, 3.05) is 19.7 Å². The van der Waals surface area contributed by atoms with Crippen LogP contribution in [0.15, 0.2) is 54.9 Å². The normalized spacial score (nSPS) is 15.5. The number of amides is 2. The molecule has 1 fully saturated rings. The van der Waals surface area contributed by atoms with E-state index in [-0.39, 0.29) is 57.8 Å². The number of tetrazole rings is 1. The Morgan fingerprint density at radius 1 is 1.10 bits per heavy atom. The topological polar surface area (TPSA) is 111 Å². The van der Waals surface area contributed by atoms with Gasteiger partial charge in [-0.1, -0.05) is 12.1 Å². The van der Waals surface area contributed by atoms with Crippen LogP contribution < -0.4 is 10.1 Å². The van der Waals surface area contributed by atoms with Crippen LogP contribution in [0.1, 0.15) is 49.0 Å². The number of hydrogen-bond acceptors (Lipinski definition) is 7. The highest BCUT2D eigenvalue weighted by Gasteiger charge is 2.28. The minimum absolute atomic E-state index is 0. The van der Waals surface area contributed by atoms with Crippen molar-refractivity contribution in [2.24, 2.45) is 0 Å². The minimum Gasteiger partial charge on any atom is -0.491 e. The van der Waals surface area contributed by atoms with Crippen LogP contribution in [-0.4, -0.2) is 68.4 Å². The maximum atomic E-state index is 13.2. The van der Waals surface area contributed by atoms with Crippen molar-refractivity contribution >= 4 is 39.0 Å². The van der Waals surface area contributed by atoms with Crippen LogP contribution in [0.25, 0.3) is 0 Å². The smallest absolute Gasteiger partial charge is 0.408 e. The largest absolute Gasteiger partial charge is 0.491 e. The van der Waals surface area contributed by atoms with Gasteiger partial charge in [0.1, 0.15) is 23.8 Å². The molecule has 0 bridgehead atoms. The molecule has 1 saturated heterocycles. The maximum Gasteiger partial charge on any atom is 0.408 e. The molecule has 10 nitrogen and oxygen atoms in total. The third-order valence-corrected chi connectivity index (χ3v) is 5.87. The highest BCUT2D eigenvalue weighted by molar-refractivity contribution is 7.59. The van der Waals surface area contributed by atoms with E-state index >= 15 is 0 Å². The van der Waals surface area contributed by atoms with Gasteiger partial charge in [-0.05, 0) is 74.4 Å². The number of likely N-dealkylation sites (tertiary alicyclic amines) is 1. The lowest BCUT2D eigenvalue weighted by atomic mass is 9.99. The Balaban J connectivity index is 0.00000267. The lowest BCUT2D eigenvalue weighted by Crippen LogP contribution is -2.44. The Morgan fingerprint density at radius 2 is 1.79 bits per heavy atom. The molecule has 1 aliphatic heterocycles. The van der Waals surface area contributed by atoms with E-state index in [9.17, 15) is 14.0 Å². The zero-order valence-corrected chi connectivity index (χ0v) is 24.1. The number of nitrogens with zero attached hydrogens (tertiary/aromatic N) is 5. The second-order valence-corrected chi connectivity index (χ2v) is 9.96. The zero-order valence-electron chi connectivity index (χ0n) is 22.1. The number of rotatable bonds is 8. The lowest BCUT2D eigenvalue weighted by molar-refractivity contribution is 0.0477. The Bertz CT molecular complexity index is 1190. The van der Waals surface area contributed by atoms with Gasteiger partial charge in [0.05, 0.1) is 12.6 Å². The van der Waals surface area contributed by atoms with Gasteiger partial charge in [0.2, 0.25) is 0 Å². The summed E-state index contributed by atoms with van der Waals surface area (Å²) in [6, 6.07) is 12.9. The summed E-state index contributed by atoms with van der Waals surface area (Å²) in [6.45, 7) is 6.95. The molecule has 0 spiro atoms. The highest BCUT2D eigenvalue weighted by Crippen LogP contribution is 2.28. The third-order valence-electron chi connectivity index (χ3n) is 5.87. The molecule has 1 aromatic heterocycles. The van der Waals surface area contributed by atoms with Crippen LogP contribution in [-0.2, 0) is 11.3 Å². The summed E-state index contributed by atoms with van der Waals surface area (Å²) >= 11 is 0. The molecule has 0 radical (unpaired) electrons. The molecule has 39 heavy (non-hydrogen) atoms. The Morgan fingerprint density at radius 3 is 2.41 bits per heavy atom. The van der Waals surface area contributed by atoms with E-state index in [1.807, 2.05) is 4.90 Å². The van der Waals surface area contributed by atoms with Gasteiger partial charge >= 0.3 is 6.09 Å². The van der Waals surface area contributed by atoms with Crippen molar-refractivity contribution < 1.29 is 23.5 Å². The maximum absolute atomic E-state index is 13.2. The predicted octanol–water partition coefficient (Wildman–Crippen LogP) is 3.64. The first-order valence-electron chi connectivity index (χ1n) is 12.1. The zero-order chi connectivity index (χ0) is 26.4. The van der Waals surface area contributed by atoms with Gasteiger partial charge in [0.25, 0.3) is 5.91 Å². The molecule has 0 aliphatic carbocycles. The number of halogens is 1. The van der Waals surface area contributed by atoms with Crippen LogP contribution in [0.2, 0.25) is 0 Å². The summed E-state index contributed by atoms with van der Waals surface area (Å²) < 4.78 is 24.4. The fourth-order valence-corrected chi connectivity index (χ4v) is 4.11. The molecule has 1 N–H and O–H groups in total. The van der Waals surface area contributed by atoms with Crippen molar-refractivity contribution in [1.82, 2.24) is 30.4 Å². The summed E-state index contributed by atoms with van der Waals surface area (Å²) in [6.07, 6.45) is 1.57. The Kier molecular flexibility index (Phi) is 11.6. The number of hydrogen-bond donors (Lipinski definition) is 1. The molecule has 1 unspecified atom stereocenters. The van der Waals surface area contributed by atoms with Crippen LogP contribution in [0.5, 0.6) is 5.75 Å². The van der Waals surface area contributed by atoms with Crippen LogP contribution in [0.4, 0.5) is 9.18 Å². The second kappa shape index (κ2) is 14.2. The number of carbonyl (C=O) groups excluding carboxylic acids is 2. The molecule has 212 valence electrons. The van der Waals surface area contributed by atoms with Crippen molar-refractivity contribution in [3.05, 3.63) is 71.8 Å². The highest BCUT2D eigenvalue weighted by atomic mass is 32.1. The van der Waals surface area contributed by atoms with E-state index in [1.165, 1.54) is 23.3 Å². The summed E-state index contributed by atoms with van der Waals surface area (Å²) in [5.41, 5.74) is 0.955. The Labute approximate surface area is 241 Å². The summed E-state index contributed by atoms with van der Waals surface area (Å²) in [7, 11) is 0. The van der Waals surface area contributed by atoms with Gasteiger partial charge in [-0.2, -0.15) is 31.8 Å². The average molecular weight is 579 g/mol. The van der Waals surface area contributed by atoms with Gasteiger partial charge in [-0.25, -0.2) is 9.18 Å². The monoisotopic (exact) mass is 578 g/mol. The van der Waals surface area contributed by atoms with E-state index in [4.69, 9.17) is 9.47 Å². The van der Waals surface area contributed by atoms with Gasteiger partial charge < -0.3 is 19.7 Å². The number of ether oxygens (including phenoxy) is 2. The van der Waals surface area contributed by atoms with Gasteiger partial charge in [0, 0.05) is 24.6 Å². The van der Waals surface area contributed by atoms with Gasteiger partial charge in [-0.15, -0.1) is 10.2 Å². The first-order chi connectivity index (χ1) is 17.7. The summed E-state index contributed by atoms with van der Waals surface area (Å²) in [4.78, 5) is 28.4. The molecular formula is C26H35FN6O4S2. The lowest BCUT2D eigenvalue weighted by Gasteiger charge is -2.23. The number of aromatic nitrogens is 4. The standard InChI is InChI=1S/C26H31FN6O4.2H2S/c1-26(2,3)37-25(35)30-22(15-33-29-17-28-31-33)16-36-23-10-6-19(7-11-23)24(34)32-13-12-20(14-32)18-4-8-21(27)9-5-18;;/h4-11,17,20,22H,12-16H2,1-3H3,(H,30,35);2*1H2/t20-,22?;;/m1../s1. The number of alkyl carbamates (subject to hydrolysis) is 1. The van der Waals surface area contributed by atoms with Crippen molar-refractivity contribution in [3.63, 3.8) is 0 Å². The predicted molar refractivity (Wildman–Crippen MR) is 153 cm³/mol. The molecular weight excluding hydrogens is 543 g/mol. The van der Waals surface area contributed by atoms with Crippen molar-refractivity contribution in [2.45, 2.75) is 51.3 Å². The van der Waals surface area contributed by atoms with Gasteiger partial charge in [0.15, 0.2) is 6.33 Å². The van der Waals surface area contributed by atoms with Crippen LogP contribution in [0.3, 0.4) is 0 Å². The van der Waals surface area contributed by atoms with Crippen molar-refractivity contribution in [1.29, 1.82) is 0 Å². The third kappa shape index (κ3) is 9.43. The fraction of sp³-hybridized carbons (Fsp3) is 0.423. The number of nitrogens with one attached hydrogen (secondary N) is 1. The molecule has 2 aromatic carbocycles. The van der Waals surface area contributed by atoms with E-state index in [2.05, 4.69) is 20.7 Å². The van der Waals surface area contributed by atoms with Crippen molar-refractivity contribution in [3.8, 4) is 5.75 Å². The molecule has 2 amide bonds. The van der Waals surface area contributed by atoms with E-state index in [0.717, 1.165) is 12.0 Å². The quantitative estimate of drug-likeness (QED) is 0.434. The molecule has 1 aliphatic rings. The molecule has 4 rings (SSSR count). The first-order valence-corrected chi connectivity index (χ1v) is 12.1. The molecule has 0 saturated carbocycles. The second-order valence-electron chi connectivity index (χ2n) is 9.96. The van der Waals surface area contributed by atoms with Crippen LogP contribution >= 0.6 is 27.0 Å². The molecule has 13 heteroatoms. The minimum atomic E-state index is -0.641. The number of benzene rings is 2. The fourth-order valence-electron chi connectivity index (χ4n) is 4.11. The first kappa shape index (κ1) is 31.9. The van der Waals surface area contributed by atoms with E-state index in [1.54, 1.807) is 57.2 Å². The molecule has 3 aromatic rings. The van der Waals surface area contributed by atoms with E-state index < -0.39 is 17.7 Å². The molecule has 2 heterocycles. The van der Waals surface area contributed by atoms with Crippen LogP contribution in [0, 0.1) is 5.82 Å². The number of carbonyl (C=O) groups is 2. The SMILES string of the molecule is CC(C)(C)OC(=O)NC(COc1ccc(C(=O)N2CC[C@@H](c3ccc(F)cc3)C2)cc1)Cn1ncnn1.S.S. The molecule has 2 atom stereocenters. The Hall–Kier alpha value is -3.32.